The van der Waals surface area contributed by atoms with Crippen molar-refractivity contribution in [1.82, 2.24) is 31.2 Å². The molecule has 0 bridgehead atoms. The highest BCUT2D eigenvalue weighted by Crippen LogP contribution is 2.26. The first-order valence-corrected chi connectivity index (χ1v) is 17.1. The second-order valence-electron chi connectivity index (χ2n) is 12.7. The van der Waals surface area contributed by atoms with Crippen molar-refractivity contribution in [2.45, 2.75) is 69.6 Å². The van der Waals surface area contributed by atoms with Gasteiger partial charge in [0.05, 0.1) is 11.3 Å². The fourth-order valence-electron chi connectivity index (χ4n) is 6.41. The molecule has 1 aromatic heterocycles. The minimum Gasteiger partial charge on any atom is -0.480 e. The average molecular weight is 695 g/mol. The van der Waals surface area contributed by atoms with Gasteiger partial charge in [-0.2, -0.15) is 0 Å². The molecule has 4 atom stereocenters. The summed E-state index contributed by atoms with van der Waals surface area (Å²) in [6.45, 7) is 1.95. The normalized spacial score (nSPS) is 21.8. The molecule has 2 aliphatic rings. The monoisotopic (exact) mass is 694 g/mol. The second-order valence-corrected chi connectivity index (χ2v) is 12.7. The van der Waals surface area contributed by atoms with Crippen molar-refractivity contribution in [2.24, 2.45) is 0 Å². The largest absolute Gasteiger partial charge is 0.480 e. The molecule has 13 nitrogen and oxygen atoms in total. The van der Waals surface area contributed by atoms with Crippen LogP contribution in [-0.2, 0) is 24.0 Å². The molecule has 0 aliphatic carbocycles. The topological polar surface area (TPSA) is 187 Å². The molecule has 0 unspecified atom stereocenters. The number of aliphatic carboxylic acids is 1. The van der Waals surface area contributed by atoms with Gasteiger partial charge in [0.1, 0.15) is 18.1 Å². The third-order valence-electron chi connectivity index (χ3n) is 9.03. The van der Waals surface area contributed by atoms with Gasteiger partial charge in [-0.05, 0) is 67.9 Å². The zero-order valence-corrected chi connectivity index (χ0v) is 28.3. The molecule has 2 aromatic carbocycles. The van der Waals surface area contributed by atoms with Gasteiger partial charge in [0.25, 0.3) is 5.91 Å². The minimum absolute atomic E-state index is 0.00977. The third-order valence-corrected chi connectivity index (χ3v) is 9.03. The summed E-state index contributed by atoms with van der Waals surface area (Å²) >= 11 is 0. The lowest BCUT2D eigenvalue weighted by Gasteiger charge is -2.29. The summed E-state index contributed by atoms with van der Waals surface area (Å²) in [5.41, 5.74) is 3.01. The maximum Gasteiger partial charge on any atom is 0.326 e. The Kier molecular flexibility index (Phi) is 12.3. The third kappa shape index (κ3) is 9.65. The molecule has 2 saturated heterocycles. The van der Waals surface area contributed by atoms with Crippen molar-refractivity contribution in [3.05, 3.63) is 95.8 Å². The molecule has 0 saturated carbocycles. The van der Waals surface area contributed by atoms with Gasteiger partial charge >= 0.3 is 5.97 Å². The molecule has 3 heterocycles. The van der Waals surface area contributed by atoms with E-state index in [1.165, 1.54) is 11.0 Å². The lowest BCUT2D eigenvalue weighted by atomic mass is 9.98. The number of carboxylic acid groups (broad SMARTS) is 1. The van der Waals surface area contributed by atoms with E-state index in [9.17, 15) is 33.9 Å². The molecular weight excluding hydrogens is 652 g/mol. The minimum atomic E-state index is -1.38. The number of rotatable bonds is 7. The van der Waals surface area contributed by atoms with Crippen molar-refractivity contribution in [2.75, 3.05) is 13.1 Å². The van der Waals surface area contributed by atoms with Crippen LogP contribution in [0, 0.1) is 6.92 Å². The Morgan fingerprint density at radius 3 is 2.39 bits per heavy atom. The quantitative estimate of drug-likeness (QED) is 0.234. The van der Waals surface area contributed by atoms with E-state index in [1.54, 1.807) is 25.3 Å². The lowest BCUT2D eigenvalue weighted by Crippen LogP contribution is -2.55. The van der Waals surface area contributed by atoms with Crippen LogP contribution in [0.1, 0.15) is 60.1 Å². The number of pyridine rings is 1. The van der Waals surface area contributed by atoms with Gasteiger partial charge in [-0.15, -0.1) is 0 Å². The summed E-state index contributed by atoms with van der Waals surface area (Å²) in [7, 11) is 0. The van der Waals surface area contributed by atoms with Gasteiger partial charge in [-0.3, -0.25) is 29.0 Å². The smallest absolute Gasteiger partial charge is 0.326 e. The van der Waals surface area contributed by atoms with Crippen molar-refractivity contribution < 1.29 is 33.9 Å². The van der Waals surface area contributed by atoms with Crippen LogP contribution in [0.4, 0.5) is 0 Å². The molecular formula is C38H42N6O7. The number of nitrogens with one attached hydrogen (secondary N) is 4. The van der Waals surface area contributed by atoms with E-state index in [0.29, 0.717) is 29.7 Å². The van der Waals surface area contributed by atoms with E-state index in [4.69, 9.17) is 0 Å². The van der Waals surface area contributed by atoms with Crippen molar-refractivity contribution in [1.29, 1.82) is 0 Å². The van der Waals surface area contributed by atoms with Crippen molar-refractivity contribution in [3.63, 3.8) is 0 Å². The Morgan fingerprint density at radius 2 is 1.67 bits per heavy atom. The highest BCUT2D eigenvalue weighted by Gasteiger charge is 2.43. The number of hydrogen-bond donors (Lipinski definition) is 5. The fraction of sp³-hybridized carbons (Fsp3) is 0.342. The Morgan fingerprint density at radius 1 is 0.941 bits per heavy atom. The Hall–Kier alpha value is -5.85. The number of benzene rings is 2. The number of amides is 5. The number of aryl methyl sites for hydroxylation is 1. The van der Waals surface area contributed by atoms with Gasteiger partial charge in [0.2, 0.25) is 23.6 Å². The summed E-state index contributed by atoms with van der Waals surface area (Å²) in [5, 5.41) is 20.9. The number of hydrogen-bond acceptors (Lipinski definition) is 7. The molecule has 266 valence electrons. The SMILES string of the molecule is Cc1nccc(-c2ccccc2)c1C(=O)N[C@H]1CCCCNC(=O)CC[C@@H](C(=O)O)NC(=O)[C@@H]2C[C@@H](NC(=O)/C=C/c3ccccc3)CN2C1=O. The van der Waals surface area contributed by atoms with Crippen LogP contribution in [0.2, 0.25) is 0 Å². The average Bonchev–Trinajstić information content (AvgIpc) is 3.55. The molecule has 0 spiro atoms. The first-order chi connectivity index (χ1) is 24.6. The van der Waals surface area contributed by atoms with Gasteiger partial charge in [0, 0.05) is 37.8 Å². The number of aromatic nitrogens is 1. The van der Waals surface area contributed by atoms with E-state index in [2.05, 4.69) is 26.3 Å². The van der Waals surface area contributed by atoms with Crippen molar-refractivity contribution in [3.8, 4) is 11.1 Å². The zero-order chi connectivity index (χ0) is 36.3. The van der Waals surface area contributed by atoms with Gasteiger partial charge in [0.15, 0.2) is 0 Å². The number of carbonyl (C=O) groups is 6. The second kappa shape index (κ2) is 17.2. The van der Waals surface area contributed by atoms with Crippen LogP contribution < -0.4 is 21.3 Å². The molecule has 3 aromatic rings. The summed E-state index contributed by atoms with van der Waals surface area (Å²) in [4.78, 5) is 85.3. The number of nitrogens with zero attached hydrogens (tertiary/aromatic N) is 2. The summed E-state index contributed by atoms with van der Waals surface area (Å²) in [5.74, 6) is -3.92. The molecule has 5 rings (SSSR count). The highest BCUT2D eigenvalue weighted by molar-refractivity contribution is 6.04. The van der Waals surface area contributed by atoms with Crippen LogP contribution in [0.15, 0.2) is 79.0 Å². The summed E-state index contributed by atoms with van der Waals surface area (Å²) < 4.78 is 0. The predicted octanol–water partition coefficient (Wildman–Crippen LogP) is 2.60. The molecule has 2 fully saturated rings. The van der Waals surface area contributed by atoms with Gasteiger partial charge < -0.3 is 31.3 Å². The molecule has 2 aliphatic heterocycles. The van der Waals surface area contributed by atoms with Crippen molar-refractivity contribution >= 4 is 41.6 Å². The first-order valence-electron chi connectivity index (χ1n) is 17.1. The molecule has 13 heteroatoms. The Bertz CT molecular complexity index is 1780. The summed E-state index contributed by atoms with van der Waals surface area (Å²) in [6.07, 6.45) is 5.49. The molecule has 51 heavy (non-hydrogen) atoms. The standard InChI is InChI=1S/C38H42N6O7/c1-24-34(28(19-21-39-24)26-12-6-3-7-13-26)36(48)42-29-14-8-9-20-40-32(45)18-16-30(38(50)51)43-35(47)31-22-27(23-44(31)37(29)49)41-33(46)17-15-25-10-4-2-5-11-25/h2-7,10-13,15,17,19,21,27,29-31H,8-9,14,16,18,20,22-23H2,1H3,(H,40,45)(H,41,46)(H,42,48)(H,43,47)(H,50,51)/b17-15+/t27-,29+,30+,31+/m1/s1. The Balaban J connectivity index is 1.43. The number of carbonyl (C=O) groups excluding carboxylic acids is 5. The van der Waals surface area contributed by atoms with E-state index in [0.717, 1.165) is 11.1 Å². The van der Waals surface area contributed by atoms with E-state index in [-0.39, 0.29) is 44.7 Å². The highest BCUT2D eigenvalue weighted by atomic mass is 16.4. The molecule has 0 radical (unpaired) electrons. The number of carboxylic acids is 1. The molecule has 5 N–H and O–H groups in total. The zero-order valence-electron chi connectivity index (χ0n) is 28.3. The van der Waals surface area contributed by atoms with E-state index in [1.807, 2.05) is 60.7 Å². The van der Waals surface area contributed by atoms with Crippen LogP contribution in [0.3, 0.4) is 0 Å². The Labute approximate surface area is 295 Å². The number of fused-ring (bicyclic) bond motifs is 1. The lowest BCUT2D eigenvalue weighted by molar-refractivity contribution is -0.144. The predicted molar refractivity (Wildman–Crippen MR) is 189 cm³/mol. The van der Waals surface area contributed by atoms with E-state index < -0.39 is 53.8 Å². The van der Waals surface area contributed by atoms with Crippen LogP contribution in [0.25, 0.3) is 17.2 Å². The first kappa shape index (κ1) is 36.4. The molecule has 5 amide bonds. The van der Waals surface area contributed by atoms with Crippen LogP contribution in [0.5, 0.6) is 0 Å². The fourth-order valence-corrected chi connectivity index (χ4v) is 6.41. The van der Waals surface area contributed by atoms with Crippen LogP contribution in [-0.4, -0.2) is 87.8 Å². The van der Waals surface area contributed by atoms with Gasteiger partial charge in [-0.25, -0.2) is 4.79 Å². The van der Waals surface area contributed by atoms with E-state index >= 15 is 0 Å². The summed E-state index contributed by atoms with van der Waals surface area (Å²) in [6, 6.07) is 16.0. The van der Waals surface area contributed by atoms with Crippen LogP contribution >= 0.6 is 0 Å². The maximum absolute atomic E-state index is 14.4. The van der Waals surface area contributed by atoms with Gasteiger partial charge in [-0.1, -0.05) is 60.7 Å². The maximum atomic E-state index is 14.4.